The first-order chi connectivity index (χ1) is 18.3. The topological polar surface area (TPSA) is 125 Å². The smallest absolute Gasteiger partial charge is 0.266 e. The van der Waals surface area contributed by atoms with Gasteiger partial charge in [-0.05, 0) is 54.4 Å². The van der Waals surface area contributed by atoms with Gasteiger partial charge in [0, 0.05) is 17.6 Å². The molecular weight excluding hydrogens is 618 g/mol. The van der Waals surface area contributed by atoms with Crippen molar-refractivity contribution >= 4 is 65.2 Å². The normalized spacial score (nSPS) is 12.8. The third kappa shape index (κ3) is 5.26. The van der Waals surface area contributed by atoms with Gasteiger partial charge < -0.3 is 5.73 Å². The van der Waals surface area contributed by atoms with Gasteiger partial charge in [-0.3, -0.25) is 18.8 Å². The van der Waals surface area contributed by atoms with Gasteiger partial charge in [0.25, 0.3) is 5.56 Å². The number of aromatic nitrogens is 4. The van der Waals surface area contributed by atoms with E-state index in [0.29, 0.717) is 15.5 Å². The van der Waals surface area contributed by atoms with Gasteiger partial charge in [0.2, 0.25) is 10.0 Å². The summed E-state index contributed by atoms with van der Waals surface area (Å²) in [5.41, 5.74) is 7.32. The summed E-state index contributed by atoms with van der Waals surface area (Å²) >= 11 is 9.85. The van der Waals surface area contributed by atoms with Gasteiger partial charge in [-0.15, -0.1) is 0 Å². The molecule has 3 aromatic carbocycles. The summed E-state index contributed by atoms with van der Waals surface area (Å²) in [4.78, 5) is 18.6. The SMILES string of the molecule is Cn1nc(NS(C)(=O)=O)c2c(Cl)ccc(-n3c([C@H](N)Cc4cc(F)cc(F)c4)nc4cc(Br)ccc4c3=O)c21. The van der Waals surface area contributed by atoms with E-state index in [-0.39, 0.29) is 45.1 Å². The maximum absolute atomic E-state index is 14.0. The number of aryl methyl sites for hydroxylation is 1. The van der Waals surface area contributed by atoms with E-state index in [9.17, 15) is 22.0 Å². The lowest BCUT2D eigenvalue weighted by molar-refractivity contribution is 0.572. The summed E-state index contributed by atoms with van der Waals surface area (Å²) in [5.74, 6) is -1.43. The fraction of sp³-hybridized carbons (Fsp3) is 0.160. The Balaban J connectivity index is 1.81. The zero-order chi connectivity index (χ0) is 28.2. The van der Waals surface area contributed by atoms with Crippen LogP contribution in [0.4, 0.5) is 14.6 Å². The summed E-state index contributed by atoms with van der Waals surface area (Å²) in [7, 11) is -2.13. The monoisotopic (exact) mass is 636 g/mol. The molecule has 0 aliphatic carbocycles. The molecule has 5 rings (SSSR count). The molecule has 39 heavy (non-hydrogen) atoms. The molecule has 0 amide bonds. The van der Waals surface area contributed by atoms with Crippen LogP contribution in [0.2, 0.25) is 5.02 Å². The van der Waals surface area contributed by atoms with Gasteiger partial charge in [0.05, 0.1) is 44.8 Å². The van der Waals surface area contributed by atoms with Crippen molar-refractivity contribution in [2.24, 2.45) is 12.8 Å². The highest BCUT2D eigenvalue weighted by Gasteiger charge is 2.24. The second-order valence-corrected chi connectivity index (χ2v) is 12.1. The third-order valence-electron chi connectivity index (χ3n) is 6.01. The Hall–Kier alpha value is -3.39. The van der Waals surface area contributed by atoms with E-state index in [2.05, 4.69) is 30.7 Å². The molecule has 5 aromatic rings. The van der Waals surface area contributed by atoms with Crippen molar-refractivity contribution in [2.75, 3.05) is 11.0 Å². The number of hydrogen-bond acceptors (Lipinski definition) is 6. The number of fused-ring (bicyclic) bond motifs is 2. The Bertz CT molecular complexity index is 1940. The molecule has 0 bridgehead atoms. The van der Waals surface area contributed by atoms with Crippen LogP contribution in [-0.2, 0) is 23.5 Å². The summed E-state index contributed by atoms with van der Waals surface area (Å²) in [6.07, 6.45) is 0.942. The number of nitrogens with one attached hydrogen (secondary N) is 1. The number of halogens is 4. The predicted octanol–water partition coefficient (Wildman–Crippen LogP) is 4.58. The Morgan fingerprint density at radius 3 is 2.49 bits per heavy atom. The lowest BCUT2D eigenvalue weighted by atomic mass is 10.0. The van der Waals surface area contributed by atoms with Crippen molar-refractivity contribution in [1.29, 1.82) is 0 Å². The Morgan fingerprint density at radius 1 is 1.13 bits per heavy atom. The van der Waals surface area contributed by atoms with Crippen molar-refractivity contribution < 1.29 is 17.2 Å². The Morgan fingerprint density at radius 2 is 1.82 bits per heavy atom. The lowest BCUT2D eigenvalue weighted by Gasteiger charge is -2.20. The quantitative estimate of drug-likeness (QED) is 0.281. The molecule has 0 spiro atoms. The molecule has 0 fully saturated rings. The zero-order valence-corrected chi connectivity index (χ0v) is 23.6. The zero-order valence-electron chi connectivity index (χ0n) is 20.4. The first-order valence-electron chi connectivity index (χ1n) is 11.4. The van der Waals surface area contributed by atoms with Crippen LogP contribution in [0.3, 0.4) is 0 Å². The molecule has 0 aliphatic heterocycles. The molecule has 0 unspecified atom stereocenters. The molecule has 1 atom stereocenters. The number of hydrogen-bond donors (Lipinski definition) is 2. The van der Waals surface area contributed by atoms with E-state index in [4.69, 9.17) is 17.3 Å². The van der Waals surface area contributed by atoms with Crippen LogP contribution in [-0.4, -0.2) is 34.0 Å². The highest BCUT2D eigenvalue weighted by atomic mass is 79.9. The second kappa shape index (κ2) is 9.97. The summed E-state index contributed by atoms with van der Waals surface area (Å²) in [6.45, 7) is 0. The van der Waals surface area contributed by atoms with Crippen LogP contribution >= 0.6 is 27.5 Å². The van der Waals surface area contributed by atoms with Gasteiger partial charge in [-0.2, -0.15) is 5.10 Å². The van der Waals surface area contributed by atoms with Gasteiger partial charge in [0.15, 0.2) is 5.82 Å². The molecule has 0 aliphatic rings. The summed E-state index contributed by atoms with van der Waals surface area (Å²) in [6, 6.07) is 10.1. The van der Waals surface area contributed by atoms with Gasteiger partial charge in [-0.25, -0.2) is 22.2 Å². The second-order valence-electron chi connectivity index (χ2n) is 9.00. The first-order valence-corrected chi connectivity index (χ1v) is 14.4. The molecule has 9 nitrogen and oxygen atoms in total. The average molecular weight is 638 g/mol. The van der Waals surface area contributed by atoms with Crippen LogP contribution in [0.1, 0.15) is 17.4 Å². The minimum atomic E-state index is -3.70. The molecule has 2 heterocycles. The number of nitrogens with two attached hydrogens (primary N) is 1. The average Bonchev–Trinajstić information content (AvgIpc) is 3.14. The molecule has 0 radical (unpaired) electrons. The first kappa shape index (κ1) is 27.2. The molecule has 202 valence electrons. The largest absolute Gasteiger partial charge is 0.321 e. The molecular formula is C25H20BrClF2N6O3S. The number of nitrogens with zero attached hydrogens (tertiary/aromatic N) is 4. The third-order valence-corrected chi connectivity index (χ3v) is 7.38. The molecule has 3 N–H and O–H groups in total. The number of benzene rings is 3. The Kier molecular flexibility index (Phi) is 6.95. The maximum atomic E-state index is 14.0. The maximum Gasteiger partial charge on any atom is 0.266 e. The van der Waals surface area contributed by atoms with Crippen LogP contribution in [0, 0.1) is 11.6 Å². The molecule has 0 saturated heterocycles. The van der Waals surface area contributed by atoms with E-state index in [1.54, 1.807) is 31.3 Å². The summed E-state index contributed by atoms with van der Waals surface area (Å²) < 4.78 is 57.4. The van der Waals surface area contributed by atoms with Gasteiger partial charge in [-0.1, -0.05) is 27.5 Å². The highest BCUT2D eigenvalue weighted by Crippen LogP contribution is 2.35. The molecule has 14 heteroatoms. The predicted molar refractivity (Wildman–Crippen MR) is 150 cm³/mol. The fourth-order valence-corrected chi connectivity index (χ4v) is 5.60. The van der Waals surface area contributed by atoms with E-state index in [0.717, 1.165) is 24.5 Å². The number of anilines is 1. The van der Waals surface area contributed by atoms with E-state index in [1.807, 2.05) is 0 Å². The minimum absolute atomic E-state index is 0.0198. The number of sulfonamides is 1. The van der Waals surface area contributed by atoms with Gasteiger partial charge in [0.1, 0.15) is 17.5 Å². The summed E-state index contributed by atoms with van der Waals surface area (Å²) in [5, 5.41) is 5.01. The molecule has 2 aromatic heterocycles. The van der Waals surface area contributed by atoms with Gasteiger partial charge >= 0.3 is 0 Å². The van der Waals surface area contributed by atoms with Crippen molar-refractivity contribution in [3.63, 3.8) is 0 Å². The lowest BCUT2D eigenvalue weighted by Crippen LogP contribution is -2.30. The Labute approximate surface area is 234 Å². The minimum Gasteiger partial charge on any atom is -0.321 e. The molecule has 0 saturated carbocycles. The van der Waals surface area contributed by atoms with Crippen molar-refractivity contribution in [2.45, 2.75) is 12.5 Å². The van der Waals surface area contributed by atoms with E-state index < -0.39 is 33.3 Å². The van der Waals surface area contributed by atoms with Crippen molar-refractivity contribution in [3.05, 3.63) is 91.4 Å². The number of rotatable bonds is 6. The van der Waals surface area contributed by atoms with Crippen LogP contribution < -0.4 is 16.0 Å². The standard InChI is InChI=1S/C25H20BrClF2N6O3S/c1-34-22-20(6-5-17(27)21(22)23(32-34)33-39(2,37)38)35-24(18(30)9-12-7-14(28)11-15(29)8-12)31-19-10-13(26)3-4-16(19)25(35)36/h3-8,10-11,18H,9,30H2,1-2H3,(H,32,33)/t18-/m1/s1. The highest BCUT2D eigenvalue weighted by molar-refractivity contribution is 9.10. The van der Waals surface area contributed by atoms with Crippen LogP contribution in [0.25, 0.3) is 27.5 Å². The van der Waals surface area contributed by atoms with E-state index in [1.165, 1.54) is 15.3 Å². The fourth-order valence-electron chi connectivity index (χ4n) is 4.52. The van der Waals surface area contributed by atoms with Crippen LogP contribution in [0.15, 0.2) is 57.8 Å². The van der Waals surface area contributed by atoms with Crippen molar-refractivity contribution in [1.82, 2.24) is 19.3 Å². The van der Waals surface area contributed by atoms with Crippen LogP contribution in [0.5, 0.6) is 0 Å². The van der Waals surface area contributed by atoms with E-state index >= 15 is 0 Å². The van der Waals surface area contributed by atoms with Crippen molar-refractivity contribution in [3.8, 4) is 5.69 Å².